The van der Waals surface area contributed by atoms with E-state index in [1.807, 2.05) is 13.8 Å². The van der Waals surface area contributed by atoms with Gasteiger partial charge in [-0.1, -0.05) is 24.3 Å². The molecule has 2 aromatic carbocycles. The van der Waals surface area contributed by atoms with Gasteiger partial charge in [-0.15, -0.1) is 0 Å². The van der Waals surface area contributed by atoms with Crippen LogP contribution in [-0.4, -0.2) is 30.4 Å². The first-order valence-electron chi connectivity index (χ1n) is 8.44. The maximum Gasteiger partial charge on any atom is 0.338 e. The molecule has 0 heterocycles. The fraction of sp³-hybridized carbons (Fsp3) is 0.250. The first-order chi connectivity index (χ1) is 12.8. The van der Waals surface area contributed by atoms with Gasteiger partial charge in [0.05, 0.1) is 5.56 Å². The van der Waals surface area contributed by atoms with Gasteiger partial charge >= 0.3 is 12.0 Å². The smallest absolute Gasteiger partial charge is 0.338 e. The van der Waals surface area contributed by atoms with Crippen LogP contribution in [0.4, 0.5) is 9.18 Å². The maximum atomic E-state index is 13.1. The molecule has 0 aliphatic heterocycles. The number of carbonyl (C=O) groups excluding carboxylic acids is 3. The highest BCUT2D eigenvalue weighted by Gasteiger charge is 2.12. The molecular weight excluding hydrogens is 351 g/mol. The molecule has 2 rings (SSSR count). The Morgan fingerprint density at radius 3 is 2.37 bits per heavy atom. The van der Waals surface area contributed by atoms with Crippen LogP contribution in [0.3, 0.4) is 0 Å². The fourth-order valence-electron chi connectivity index (χ4n) is 2.21. The molecule has 7 heteroatoms. The minimum Gasteiger partial charge on any atom is -0.454 e. The number of Topliss-reactive ketones (excluding diaryl/α,β-unsaturated/α-hetero) is 1. The number of hydrogen-bond donors (Lipinski definition) is 2. The average Bonchev–Trinajstić information content (AvgIpc) is 2.64. The number of amides is 2. The molecule has 0 aliphatic rings. The van der Waals surface area contributed by atoms with Crippen molar-refractivity contribution in [3.63, 3.8) is 0 Å². The van der Waals surface area contributed by atoms with Crippen molar-refractivity contribution in [3.8, 4) is 0 Å². The van der Waals surface area contributed by atoms with Gasteiger partial charge in [-0.25, -0.2) is 14.0 Å². The number of rotatable bonds is 7. The first kappa shape index (κ1) is 20.1. The molecule has 0 spiro atoms. The Morgan fingerprint density at radius 2 is 1.74 bits per heavy atom. The van der Waals surface area contributed by atoms with Crippen molar-refractivity contribution in [2.24, 2.45) is 0 Å². The van der Waals surface area contributed by atoms with Crippen LogP contribution in [0.25, 0.3) is 0 Å². The predicted octanol–water partition coefficient (Wildman–Crippen LogP) is 3.07. The third-order valence-electron chi connectivity index (χ3n) is 3.54. The Bertz CT molecular complexity index is 819. The number of urea groups is 1. The summed E-state index contributed by atoms with van der Waals surface area (Å²) in [6.45, 7) is 3.56. The zero-order valence-electron chi connectivity index (χ0n) is 15.1. The highest BCUT2D eigenvalue weighted by Crippen LogP contribution is 2.08. The molecule has 0 bridgehead atoms. The van der Waals surface area contributed by atoms with E-state index in [0.717, 1.165) is 11.6 Å². The number of hydrogen-bond acceptors (Lipinski definition) is 4. The van der Waals surface area contributed by atoms with E-state index in [4.69, 9.17) is 4.74 Å². The van der Waals surface area contributed by atoms with E-state index >= 15 is 0 Å². The van der Waals surface area contributed by atoms with Gasteiger partial charge in [0.25, 0.3) is 0 Å². The van der Waals surface area contributed by atoms with Gasteiger partial charge in [-0.05, 0) is 43.7 Å². The van der Waals surface area contributed by atoms with Crippen molar-refractivity contribution in [3.05, 3.63) is 71.0 Å². The Kier molecular flexibility index (Phi) is 7.05. The Balaban J connectivity index is 1.84. The van der Waals surface area contributed by atoms with Crippen molar-refractivity contribution in [2.75, 3.05) is 6.61 Å². The topological polar surface area (TPSA) is 84.5 Å². The number of benzene rings is 2. The zero-order chi connectivity index (χ0) is 19.8. The van der Waals surface area contributed by atoms with Gasteiger partial charge in [0, 0.05) is 18.2 Å². The summed E-state index contributed by atoms with van der Waals surface area (Å²) >= 11 is 0. The lowest BCUT2D eigenvalue weighted by Crippen LogP contribution is -2.39. The van der Waals surface area contributed by atoms with Gasteiger partial charge in [0.15, 0.2) is 12.4 Å². The van der Waals surface area contributed by atoms with E-state index in [1.54, 1.807) is 24.3 Å². The van der Waals surface area contributed by atoms with Crippen molar-refractivity contribution in [1.82, 2.24) is 10.6 Å². The van der Waals surface area contributed by atoms with Gasteiger partial charge in [0.1, 0.15) is 5.82 Å². The SMILES string of the molecule is CC(C)NC(=O)NCc1ccc(C(=O)OCC(=O)c2cccc(F)c2)cc1. The van der Waals surface area contributed by atoms with E-state index < -0.39 is 24.2 Å². The molecule has 0 radical (unpaired) electrons. The minimum atomic E-state index is -0.656. The summed E-state index contributed by atoms with van der Waals surface area (Å²) in [4.78, 5) is 35.5. The molecule has 2 N–H and O–H groups in total. The summed E-state index contributed by atoms with van der Waals surface area (Å²) in [5, 5.41) is 5.41. The quantitative estimate of drug-likeness (QED) is 0.578. The fourth-order valence-corrected chi connectivity index (χ4v) is 2.21. The summed E-state index contributed by atoms with van der Waals surface area (Å²) in [6.07, 6.45) is 0. The summed E-state index contributed by atoms with van der Waals surface area (Å²) in [6, 6.07) is 11.4. The number of nitrogens with one attached hydrogen (secondary N) is 2. The second-order valence-corrected chi connectivity index (χ2v) is 6.19. The van der Waals surface area contributed by atoms with E-state index in [0.29, 0.717) is 6.54 Å². The van der Waals surface area contributed by atoms with Crippen LogP contribution in [0.15, 0.2) is 48.5 Å². The number of carbonyl (C=O) groups is 3. The van der Waals surface area contributed by atoms with E-state index in [-0.39, 0.29) is 23.2 Å². The number of ketones is 1. The largest absolute Gasteiger partial charge is 0.454 e. The van der Waals surface area contributed by atoms with Crippen LogP contribution >= 0.6 is 0 Å². The third-order valence-corrected chi connectivity index (χ3v) is 3.54. The molecule has 27 heavy (non-hydrogen) atoms. The lowest BCUT2D eigenvalue weighted by atomic mass is 10.1. The summed E-state index contributed by atoms with van der Waals surface area (Å²) < 4.78 is 18.1. The molecule has 0 fully saturated rings. The Morgan fingerprint density at radius 1 is 1.04 bits per heavy atom. The predicted molar refractivity (Wildman–Crippen MR) is 98.0 cm³/mol. The van der Waals surface area contributed by atoms with E-state index in [2.05, 4.69) is 10.6 Å². The summed E-state index contributed by atoms with van der Waals surface area (Å²) in [5.41, 5.74) is 1.22. The van der Waals surface area contributed by atoms with Crippen LogP contribution in [0, 0.1) is 5.82 Å². The molecule has 0 unspecified atom stereocenters. The van der Waals surface area contributed by atoms with Crippen molar-refractivity contribution in [2.45, 2.75) is 26.4 Å². The summed E-state index contributed by atoms with van der Waals surface area (Å²) in [7, 11) is 0. The standard InChI is InChI=1S/C20H21FN2O4/c1-13(2)23-20(26)22-11-14-6-8-15(9-7-14)19(25)27-12-18(24)16-4-3-5-17(21)10-16/h3-10,13H,11-12H2,1-2H3,(H2,22,23,26). The lowest BCUT2D eigenvalue weighted by molar-refractivity contribution is 0.0474. The molecule has 2 aromatic rings. The van der Waals surface area contributed by atoms with Gasteiger partial charge in [0.2, 0.25) is 0 Å². The van der Waals surface area contributed by atoms with E-state index in [1.165, 1.54) is 18.2 Å². The third kappa shape index (κ3) is 6.54. The number of esters is 1. The van der Waals surface area contributed by atoms with Gasteiger partial charge in [-0.3, -0.25) is 4.79 Å². The Labute approximate surface area is 156 Å². The van der Waals surface area contributed by atoms with E-state index in [9.17, 15) is 18.8 Å². The van der Waals surface area contributed by atoms with Gasteiger partial charge in [-0.2, -0.15) is 0 Å². The van der Waals surface area contributed by atoms with Crippen LogP contribution in [0.5, 0.6) is 0 Å². The minimum absolute atomic E-state index is 0.0391. The van der Waals surface area contributed by atoms with Crippen LogP contribution in [0.1, 0.15) is 40.1 Å². The average molecular weight is 372 g/mol. The highest BCUT2D eigenvalue weighted by molar-refractivity contribution is 5.99. The monoisotopic (exact) mass is 372 g/mol. The Hall–Kier alpha value is -3.22. The number of ether oxygens (including phenoxy) is 1. The molecule has 142 valence electrons. The van der Waals surface area contributed by atoms with Gasteiger partial charge < -0.3 is 15.4 Å². The number of halogens is 1. The van der Waals surface area contributed by atoms with Crippen LogP contribution in [0.2, 0.25) is 0 Å². The molecule has 0 aromatic heterocycles. The van der Waals surface area contributed by atoms with Crippen molar-refractivity contribution >= 4 is 17.8 Å². The maximum absolute atomic E-state index is 13.1. The molecule has 6 nitrogen and oxygen atoms in total. The first-order valence-corrected chi connectivity index (χ1v) is 8.44. The molecular formula is C20H21FN2O4. The lowest BCUT2D eigenvalue weighted by Gasteiger charge is -2.10. The van der Waals surface area contributed by atoms with Crippen molar-refractivity contribution in [1.29, 1.82) is 0 Å². The molecule has 0 atom stereocenters. The molecule has 0 saturated carbocycles. The zero-order valence-corrected chi connectivity index (χ0v) is 15.1. The molecule has 0 saturated heterocycles. The molecule has 2 amide bonds. The van der Waals surface area contributed by atoms with Crippen molar-refractivity contribution < 1.29 is 23.5 Å². The summed E-state index contributed by atoms with van der Waals surface area (Å²) in [5.74, 6) is -1.67. The molecule has 0 aliphatic carbocycles. The highest BCUT2D eigenvalue weighted by atomic mass is 19.1. The second-order valence-electron chi connectivity index (χ2n) is 6.19. The normalized spacial score (nSPS) is 10.4. The van der Waals surface area contributed by atoms with Crippen LogP contribution < -0.4 is 10.6 Å². The van der Waals surface area contributed by atoms with Crippen LogP contribution in [-0.2, 0) is 11.3 Å². The second kappa shape index (κ2) is 9.47.